The Hall–Kier alpha value is -2.74. The number of nitrogens with one attached hydrogen (secondary N) is 1. The van der Waals surface area contributed by atoms with Crippen molar-refractivity contribution in [3.63, 3.8) is 0 Å². The normalized spacial score (nSPS) is 16.2. The minimum Gasteiger partial charge on any atom is -0.438 e. The predicted octanol–water partition coefficient (Wildman–Crippen LogP) is 4.07. The van der Waals surface area contributed by atoms with Crippen LogP contribution in [0.3, 0.4) is 0 Å². The number of sulfone groups is 1. The first-order chi connectivity index (χ1) is 14.8. The molecule has 0 bridgehead atoms. The van der Waals surface area contributed by atoms with Crippen molar-refractivity contribution in [2.24, 2.45) is 5.92 Å². The van der Waals surface area contributed by atoms with Gasteiger partial charge in [-0.15, -0.1) is 0 Å². The number of carbonyl (C=O) groups is 1. The molecule has 1 aromatic carbocycles. The van der Waals surface area contributed by atoms with Crippen LogP contribution in [0.25, 0.3) is 0 Å². The van der Waals surface area contributed by atoms with E-state index in [2.05, 4.69) is 15.3 Å². The van der Waals surface area contributed by atoms with E-state index >= 15 is 0 Å². The predicted molar refractivity (Wildman–Crippen MR) is 120 cm³/mol. The summed E-state index contributed by atoms with van der Waals surface area (Å²) >= 11 is 0. The molecular formula is C23H29N3O4S. The highest BCUT2D eigenvalue weighted by Gasteiger charge is 2.21. The first kappa shape index (κ1) is 22.9. The van der Waals surface area contributed by atoms with Gasteiger partial charge < -0.3 is 10.1 Å². The highest BCUT2D eigenvalue weighted by molar-refractivity contribution is 7.93. The molecule has 0 radical (unpaired) electrons. The average Bonchev–Trinajstić information content (AvgIpc) is 2.73. The molecule has 1 atom stereocenters. The molecule has 166 valence electrons. The van der Waals surface area contributed by atoms with Crippen molar-refractivity contribution in [1.29, 1.82) is 0 Å². The molecule has 1 amide bonds. The Morgan fingerprint density at radius 2 is 1.94 bits per heavy atom. The SMILES string of the molecule is CC(C=CS(C)(=O)=O)NC(=O)c1cnc(CC2CCCCC2)nc1Oc1ccccc1. The smallest absolute Gasteiger partial charge is 0.258 e. The molecule has 1 N–H and O–H groups in total. The van der Waals surface area contributed by atoms with Crippen LogP contribution < -0.4 is 10.1 Å². The number of ether oxygens (including phenoxy) is 1. The lowest BCUT2D eigenvalue weighted by Gasteiger charge is -2.21. The van der Waals surface area contributed by atoms with Gasteiger partial charge in [0.25, 0.3) is 5.91 Å². The quantitative estimate of drug-likeness (QED) is 0.660. The van der Waals surface area contributed by atoms with Gasteiger partial charge in [-0.25, -0.2) is 13.4 Å². The van der Waals surface area contributed by atoms with E-state index in [1.807, 2.05) is 18.2 Å². The van der Waals surface area contributed by atoms with Crippen molar-refractivity contribution >= 4 is 15.7 Å². The van der Waals surface area contributed by atoms with Gasteiger partial charge in [-0.3, -0.25) is 4.79 Å². The summed E-state index contributed by atoms with van der Waals surface area (Å²) in [6.07, 6.45) is 10.9. The lowest BCUT2D eigenvalue weighted by Crippen LogP contribution is -2.31. The fourth-order valence-electron chi connectivity index (χ4n) is 3.58. The Morgan fingerprint density at radius 3 is 2.61 bits per heavy atom. The Bertz CT molecular complexity index is 1020. The van der Waals surface area contributed by atoms with Crippen LogP contribution in [0.5, 0.6) is 11.6 Å². The summed E-state index contributed by atoms with van der Waals surface area (Å²) < 4.78 is 28.6. The van der Waals surface area contributed by atoms with Crippen molar-refractivity contribution in [2.45, 2.75) is 51.5 Å². The number of carbonyl (C=O) groups excluding carboxylic acids is 1. The Morgan fingerprint density at radius 1 is 1.23 bits per heavy atom. The number of aromatic nitrogens is 2. The van der Waals surface area contributed by atoms with E-state index in [1.165, 1.54) is 44.4 Å². The summed E-state index contributed by atoms with van der Waals surface area (Å²) in [5, 5.41) is 3.82. The zero-order valence-electron chi connectivity index (χ0n) is 18.0. The van der Waals surface area contributed by atoms with E-state index in [0.717, 1.165) is 18.1 Å². The van der Waals surface area contributed by atoms with Crippen LogP contribution in [-0.2, 0) is 16.3 Å². The van der Waals surface area contributed by atoms with Gasteiger partial charge in [0.2, 0.25) is 5.88 Å². The third-order valence-corrected chi connectivity index (χ3v) is 5.83. The zero-order valence-corrected chi connectivity index (χ0v) is 18.8. The summed E-state index contributed by atoms with van der Waals surface area (Å²) in [5.74, 6) is 1.56. The number of benzene rings is 1. The maximum atomic E-state index is 12.8. The molecule has 0 aliphatic heterocycles. The molecule has 1 heterocycles. The van der Waals surface area contributed by atoms with Gasteiger partial charge in [0.05, 0.1) is 0 Å². The summed E-state index contributed by atoms with van der Waals surface area (Å²) in [7, 11) is -3.27. The third kappa shape index (κ3) is 7.47. The Balaban J connectivity index is 1.81. The van der Waals surface area contributed by atoms with Crippen molar-refractivity contribution in [3.8, 4) is 11.6 Å². The maximum absolute atomic E-state index is 12.8. The molecule has 0 spiro atoms. The van der Waals surface area contributed by atoms with E-state index in [-0.39, 0.29) is 11.4 Å². The minimum absolute atomic E-state index is 0.198. The van der Waals surface area contributed by atoms with Crippen LogP contribution in [0.2, 0.25) is 0 Å². The second-order valence-corrected chi connectivity index (χ2v) is 9.98. The van der Waals surface area contributed by atoms with Crippen LogP contribution in [-0.4, -0.2) is 36.6 Å². The molecular weight excluding hydrogens is 414 g/mol. The van der Waals surface area contributed by atoms with Crippen molar-refractivity contribution in [1.82, 2.24) is 15.3 Å². The van der Waals surface area contributed by atoms with Crippen LogP contribution in [0.15, 0.2) is 48.0 Å². The van der Waals surface area contributed by atoms with Crippen LogP contribution in [0.4, 0.5) is 0 Å². The van der Waals surface area contributed by atoms with Crippen molar-refractivity contribution < 1.29 is 17.9 Å². The summed E-state index contributed by atoms with van der Waals surface area (Å²) in [6.45, 7) is 1.69. The van der Waals surface area contributed by atoms with E-state index in [9.17, 15) is 13.2 Å². The molecule has 31 heavy (non-hydrogen) atoms. The Kier molecular flexibility index (Phi) is 7.79. The first-order valence-electron chi connectivity index (χ1n) is 10.6. The Labute approximate surface area is 183 Å². The molecule has 1 fully saturated rings. The largest absolute Gasteiger partial charge is 0.438 e. The fraction of sp³-hybridized carbons (Fsp3) is 0.435. The molecule has 3 rings (SSSR count). The summed E-state index contributed by atoms with van der Waals surface area (Å²) in [5.41, 5.74) is 0.204. The number of para-hydroxylation sites is 1. The lowest BCUT2D eigenvalue weighted by molar-refractivity contribution is 0.0943. The molecule has 1 aliphatic carbocycles. The van der Waals surface area contributed by atoms with E-state index in [4.69, 9.17) is 4.74 Å². The lowest BCUT2D eigenvalue weighted by atomic mass is 9.87. The minimum atomic E-state index is -3.27. The van der Waals surface area contributed by atoms with Crippen LogP contribution in [0.1, 0.15) is 55.2 Å². The average molecular weight is 444 g/mol. The van der Waals surface area contributed by atoms with Gasteiger partial charge in [0.15, 0.2) is 9.84 Å². The molecule has 2 aromatic rings. The summed E-state index contributed by atoms with van der Waals surface area (Å²) in [4.78, 5) is 21.8. The number of amides is 1. The molecule has 1 unspecified atom stereocenters. The number of hydrogen-bond donors (Lipinski definition) is 1. The van der Waals surface area contributed by atoms with Crippen molar-refractivity contribution in [3.05, 3.63) is 59.4 Å². The van der Waals surface area contributed by atoms with Gasteiger partial charge in [-0.1, -0.05) is 56.4 Å². The van der Waals surface area contributed by atoms with E-state index in [0.29, 0.717) is 17.5 Å². The molecule has 8 heteroatoms. The zero-order chi connectivity index (χ0) is 22.3. The van der Waals surface area contributed by atoms with Gasteiger partial charge in [-0.05, 0) is 25.0 Å². The number of hydrogen-bond acceptors (Lipinski definition) is 6. The van der Waals surface area contributed by atoms with Gasteiger partial charge >= 0.3 is 0 Å². The number of nitrogens with zero attached hydrogens (tertiary/aromatic N) is 2. The highest BCUT2D eigenvalue weighted by Crippen LogP contribution is 2.28. The molecule has 7 nitrogen and oxygen atoms in total. The molecule has 0 saturated heterocycles. The second kappa shape index (κ2) is 10.5. The van der Waals surface area contributed by atoms with E-state index < -0.39 is 21.8 Å². The van der Waals surface area contributed by atoms with Crippen molar-refractivity contribution in [2.75, 3.05) is 6.26 Å². The number of rotatable bonds is 8. The fourth-order valence-corrected chi connectivity index (χ4v) is 4.10. The molecule has 1 saturated carbocycles. The standard InChI is InChI=1S/C23H29N3O4S/c1-17(13-14-31(2,28)29)25-22(27)20-16-24-21(15-18-9-5-3-6-10-18)26-23(20)30-19-11-7-4-8-12-19/h4,7-8,11-14,16-18H,3,5-6,9-10,15H2,1-2H3,(H,25,27). The van der Waals surface area contributed by atoms with E-state index in [1.54, 1.807) is 19.1 Å². The van der Waals surface area contributed by atoms with Gasteiger partial charge in [-0.2, -0.15) is 4.98 Å². The second-order valence-electron chi connectivity index (χ2n) is 8.05. The monoisotopic (exact) mass is 443 g/mol. The topological polar surface area (TPSA) is 98.2 Å². The van der Waals surface area contributed by atoms with Crippen LogP contribution in [0, 0.1) is 5.92 Å². The summed E-state index contributed by atoms with van der Waals surface area (Å²) in [6, 6.07) is 8.66. The molecule has 1 aromatic heterocycles. The maximum Gasteiger partial charge on any atom is 0.258 e. The van der Waals surface area contributed by atoms with Gasteiger partial charge in [0.1, 0.15) is 17.1 Å². The molecule has 1 aliphatic rings. The van der Waals surface area contributed by atoms with Crippen LogP contribution >= 0.6 is 0 Å². The third-order valence-electron chi connectivity index (χ3n) is 5.18. The highest BCUT2D eigenvalue weighted by atomic mass is 32.2. The van der Waals surface area contributed by atoms with Gasteiger partial charge in [0, 0.05) is 30.3 Å². The first-order valence-corrected chi connectivity index (χ1v) is 12.5.